The van der Waals surface area contributed by atoms with Crippen LogP contribution in [-0.2, 0) is 26.2 Å². The van der Waals surface area contributed by atoms with E-state index in [-0.39, 0.29) is 26.2 Å². The van der Waals surface area contributed by atoms with Gasteiger partial charge in [-0.1, -0.05) is 32.4 Å². The topological polar surface area (TPSA) is 0 Å². The molecule has 0 aliphatic heterocycles. The minimum absolute atomic E-state index is 0. The Kier molecular flexibility index (Phi) is 3.78. The molecule has 0 spiro atoms. The summed E-state index contributed by atoms with van der Waals surface area (Å²) in [6, 6.07) is 11.1. The van der Waals surface area contributed by atoms with Gasteiger partial charge in [-0.25, -0.2) is 0 Å². The molecule has 2 aromatic rings. The maximum Gasteiger partial charge on any atom is 2.00 e. The summed E-state index contributed by atoms with van der Waals surface area (Å²) in [6.45, 7) is 6.65. The van der Waals surface area contributed by atoms with Gasteiger partial charge in [-0.3, -0.25) is 0 Å². The molecule has 70 valence electrons. The fourth-order valence-electron chi connectivity index (χ4n) is 1.91. The van der Waals surface area contributed by atoms with E-state index in [1.54, 1.807) is 0 Å². The number of benzene rings is 1. The normalized spacial score (nSPS) is 10.6. The van der Waals surface area contributed by atoms with Crippen LogP contribution in [0.3, 0.4) is 0 Å². The Morgan fingerprint density at radius 1 is 1.21 bits per heavy atom. The summed E-state index contributed by atoms with van der Waals surface area (Å²) in [7, 11) is 0. The Balaban J connectivity index is 0.000000980. The molecule has 0 aliphatic rings. The first-order valence-electron chi connectivity index (χ1n) is 4.84. The van der Waals surface area contributed by atoms with E-state index in [0.717, 1.165) is 0 Å². The molecule has 2 rings (SSSR count). The van der Waals surface area contributed by atoms with Crippen LogP contribution in [-0.4, -0.2) is 0 Å². The molecule has 0 atom stereocenters. The third-order valence-corrected chi connectivity index (χ3v) is 2.55. The van der Waals surface area contributed by atoms with Crippen molar-refractivity contribution in [3.05, 3.63) is 41.5 Å². The predicted molar refractivity (Wildman–Crippen MR) is 58.4 cm³/mol. The van der Waals surface area contributed by atoms with Crippen molar-refractivity contribution in [3.63, 3.8) is 0 Å². The molecule has 0 heterocycles. The zero-order chi connectivity index (χ0) is 9.42. The van der Waals surface area contributed by atoms with Crippen LogP contribution >= 0.6 is 0 Å². The molecule has 0 bridgehead atoms. The third kappa shape index (κ3) is 2.03. The van der Waals surface area contributed by atoms with E-state index in [9.17, 15) is 0 Å². The largest absolute Gasteiger partial charge is 2.00 e. The van der Waals surface area contributed by atoms with Crippen LogP contribution in [0.1, 0.15) is 30.9 Å². The van der Waals surface area contributed by atoms with Gasteiger partial charge in [0.05, 0.1) is 0 Å². The quantitative estimate of drug-likeness (QED) is 0.682. The molecule has 0 aliphatic carbocycles. The van der Waals surface area contributed by atoms with Crippen LogP contribution in [0.5, 0.6) is 0 Å². The zero-order valence-electron chi connectivity index (χ0n) is 8.96. The van der Waals surface area contributed by atoms with Gasteiger partial charge in [0.2, 0.25) is 0 Å². The van der Waals surface area contributed by atoms with Crippen molar-refractivity contribution in [3.8, 4) is 0 Å². The first-order valence-corrected chi connectivity index (χ1v) is 4.84. The van der Waals surface area contributed by atoms with Crippen molar-refractivity contribution in [1.82, 2.24) is 0 Å². The molecule has 2 aromatic carbocycles. The molecule has 0 radical (unpaired) electrons. The van der Waals surface area contributed by atoms with Crippen molar-refractivity contribution in [2.45, 2.75) is 26.7 Å². The molecule has 0 aromatic heterocycles. The molecule has 1 heteroatoms. The summed E-state index contributed by atoms with van der Waals surface area (Å²) in [5.41, 5.74) is 2.83. The maximum absolute atomic E-state index is 2.28. The average Bonchev–Trinajstić information content (AvgIpc) is 2.43. The number of fused-ring (bicyclic) bond motifs is 1. The van der Waals surface area contributed by atoms with E-state index in [1.807, 2.05) is 0 Å². The SMILES string of the molecule is Cc1cc2c(C(C)C)cccc2[cH-]1.[Zr+2]. The third-order valence-electron chi connectivity index (χ3n) is 2.55. The first-order chi connectivity index (χ1) is 6.18. The second-order valence-electron chi connectivity index (χ2n) is 4.04. The minimum atomic E-state index is 0. The van der Waals surface area contributed by atoms with E-state index in [1.165, 1.54) is 21.9 Å². The van der Waals surface area contributed by atoms with Gasteiger partial charge in [-0.15, -0.1) is 34.5 Å². The smallest absolute Gasteiger partial charge is 0.165 e. The van der Waals surface area contributed by atoms with Gasteiger partial charge in [0.15, 0.2) is 0 Å². The first kappa shape index (κ1) is 11.8. The van der Waals surface area contributed by atoms with Crippen LogP contribution in [0.25, 0.3) is 10.8 Å². The van der Waals surface area contributed by atoms with Crippen molar-refractivity contribution >= 4 is 10.8 Å². The molecule has 14 heavy (non-hydrogen) atoms. The molecule has 0 saturated carbocycles. The van der Waals surface area contributed by atoms with Gasteiger partial charge < -0.3 is 0 Å². The second-order valence-corrected chi connectivity index (χ2v) is 4.04. The Bertz CT molecular complexity index is 424. The zero-order valence-corrected chi connectivity index (χ0v) is 11.4. The van der Waals surface area contributed by atoms with Gasteiger partial charge in [0.25, 0.3) is 0 Å². The number of rotatable bonds is 1. The maximum atomic E-state index is 2.28. The number of hydrogen-bond donors (Lipinski definition) is 0. The van der Waals surface area contributed by atoms with Crippen molar-refractivity contribution in [2.24, 2.45) is 0 Å². The fourth-order valence-corrected chi connectivity index (χ4v) is 1.91. The van der Waals surface area contributed by atoms with Crippen LogP contribution in [0.15, 0.2) is 30.3 Å². The van der Waals surface area contributed by atoms with Gasteiger partial charge in [-0.05, 0) is 5.92 Å². The summed E-state index contributed by atoms with van der Waals surface area (Å²) in [4.78, 5) is 0. The molecule has 0 N–H and O–H groups in total. The monoisotopic (exact) mass is 261 g/mol. The average molecular weight is 262 g/mol. The van der Waals surface area contributed by atoms with E-state index in [4.69, 9.17) is 0 Å². The van der Waals surface area contributed by atoms with Gasteiger partial charge >= 0.3 is 26.2 Å². The molecular weight excluding hydrogens is 247 g/mol. The van der Waals surface area contributed by atoms with Crippen molar-refractivity contribution in [2.75, 3.05) is 0 Å². The van der Waals surface area contributed by atoms with E-state index < -0.39 is 0 Å². The summed E-state index contributed by atoms with van der Waals surface area (Å²) < 4.78 is 0. The predicted octanol–water partition coefficient (Wildman–Crippen LogP) is 3.99. The van der Waals surface area contributed by atoms with Crippen LogP contribution in [0.4, 0.5) is 0 Å². The van der Waals surface area contributed by atoms with E-state index in [2.05, 4.69) is 51.1 Å². The summed E-state index contributed by atoms with van der Waals surface area (Å²) in [5, 5.41) is 2.80. The van der Waals surface area contributed by atoms with Crippen LogP contribution < -0.4 is 0 Å². The fraction of sp³-hybridized carbons (Fsp3) is 0.308. The standard InChI is InChI=1S/C13H15.Zr/c1-9(2)12-6-4-5-11-7-10(3)8-13(11)12;/h4-9H,1-3H3;/q-1;+2. The molecule has 0 fully saturated rings. The second kappa shape index (κ2) is 4.49. The summed E-state index contributed by atoms with van der Waals surface area (Å²) >= 11 is 0. The Morgan fingerprint density at radius 2 is 1.93 bits per heavy atom. The molecule has 0 unspecified atom stereocenters. The van der Waals surface area contributed by atoms with Gasteiger partial charge in [0.1, 0.15) is 0 Å². The van der Waals surface area contributed by atoms with E-state index >= 15 is 0 Å². The minimum Gasteiger partial charge on any atom is -0.165 e. The molecule has 0 amide bonds. The Morgan fingerprint density at radius 3 is 2.57 bits per heavy atom. The van der Waals surface area contributed by atoms with E-state index in [0.29, 0.717) is 5.92 Å². The van der Waals surface area contributed by atoms with Crippen LogP contribution in [0.2, 0.25) is 0 Å². The Hall–Kier alpha value is -0.287. The molecule has 0 saturated heterocycles. The Labute approximate surface area is 105 Å². The summed E-state index contributed by atoms with van der Waals surface area (Å²) in [6.07, 6.45) is 0. The molecular formula is C13H15Zr+. The summed E-state index contributed by atoms with van der Waals surface area (Å²) in [5.74, 6) is 0.616. The number of aryl methyl sites for hydroxylation is 1. The van der Waals surface area contributed by atoms with Gasteiger partial charge in [0, 0.05) is 0 Å². The van der Waals surface area contributed by atoms with Crippen LogP contribution in [0, 0.1) is 6.92 Å². The number of hydrogen-bond acceptors (Lipinski definition) is 0. The molecule has 0 nitrogen and oxygen atoms in total. The van der Waals surface area contributed by atoms with Crippen molar-refractivity contribution in [1.29, 1.82) is 0 Å². The van der Waals surface area contributed by atoms with Gasteiger partial charge in [-0.2, -0.15) is 6.07 Å². The van der Waals surface area contributed by atoms with Crippen molar-refractivity contribution < 1.29 is 26.2 Å².